The number of aryl methyl sites for hydroxylation is 1. The lowest BCUT2D eigenvalue weighted by Crippen LogP contribution is -2.49. The summed E-state index contributed by atoms with van der Waals surface area (Å²) >= 11 is 0. The Hall–Kier alpha value is -2.57. The van der Waals surface area contributed by atoms with E-state index in [1.165, 1.54) is 0 Å². The fourth-order valence-corrected chi connectivity index (χ4v) is 3.64. The zero-order valence-corrected chi connectivity index (χ0v) is 17.6. The third kappa shape index (κ3) is 4.64. The van der Waals surface area contributed by atoms with Gasteiger partial charge in [0.1, 0.15) is 17.8 Å². The number of urea groups is 1. The molecule has 0 spiro atoms. The second-order valence-electron chi connectivity index (χ2n) is 7.99. The Morgan fingerprint density at radius 3 is 2.21 bits per heavy atom. The van der Waals surface area contributed by atoms with E-state index in [9.17, 15) is 14.4 Å². The van der Waals surface area contributed by atoms with Crippen LogP contribution in [0.4, 0.5) is 4.79 Å². The van der Waals surface area contributed by atoms with E-state index in [-0.39, 0.29) is 30.4 Å². The molecule has 1 atom stereocenters. The summed E-state index contributed by atoms with van der Waals surface area (Å²) in [6.45, 7) is 9.15. The molecule has 0 unspecified atom stereocenters. The monoisotopic (exact) mass is 389 g/mol. The minimum absolute atomic E-state index is 0.00489. The Balaban J connectivity index is 2.05. The first-order chi connectivity index (χ1) is 13.1. The third-order valence-electron chi connectivity index (χ3n) is 5.11. The number of hydrogen-bond acceptors (Lipinski definition) is 4. The first-order valence-electron chi connectivity index (χ1n) is 9.67. The second-order valence-corrected chi connectivity index (χ2v) is 7.99. The molecule has 4 amide bonds. The van der Waals surface area contributed by atoms with Crippen molar-refractivity contribution in [3.8, 4) is 5.75 Å². The van der Waals surface area contributed by atoms with Gasteiger partial charge in [-0.3, -0.25) is 14.5 Å². The first-order valence-corrected chi connectivity index (χ1v) is 9.67. The number of methoxy groups -OCH3 is 1. The van der Waals surface area contributed by atoms with Crippen LogP contribution in [0.2, 0.25) is 0 Å². The number of ether oxygens (including phenoxy) is 1. The van der Waals surface area contributed by atoms with Crippen LogP contribution in [0.5, 0.6) is 5.75 Å². The highest BCUT2D eigenvalue weighted by Crippen LogP contribution is 2.24. The van der Waals surface area contributed by atoms with Crippen LogP contribution in [0.1, 0.15) is 46.6 Å². The molecule has 1 fully saturated rings. The lowest BCUT2D eigenvalue weighted by molar-refractivity contribution is -0.141. The summed E-state index contributed by atoms with van der Waals surface area (Å²) in [7, 11) is 1.61. The van der Waals surface area contributed by atoms with Gasteiger partial charge in [0.05, 0.1) is 7.11 Å². The van der Waals surface area contributed by atoms with Gasteiger partial charge in [-0.2, -0.15) is 0 Å². The van der Waals surface area contributed by atoms with Gasteiger partial charge in [0.25, 0.3) is 5.91 Å². The molecule has 0 bridgehead atoms. The van der Waals surface area contributed by atoms with E-state index < -0.39 is 11.6 Å². The van der Waals surface area contributed by atoms with Gasteiger partial charge in [0, 0.05) is 12.1 Å². The van der Waals surface area contributed by atoms with E-state index in [0.29, 0.717) is 12.8 Å². The van der Waals surface area contributed by atoms with Crippen molar-refractivity contribution in [2.75, 3.05) is 13.7 Å². The minimum atomic E-state index is -1.02. The first kappa shape index (κ1) is 21.7. The quantitative estimate of drug-likeness (QED) is 0.693. The summed E-state index contributed by atoms with van der Waals surface area (Å²) in [6, 6.07) is 7.09. The van der Waals surface area contributed by atoms with E-state index in [4.69, 9.17) is 4.74 Å². The number of hydrogen-bond donors (Lipinski definition) is 1. The van der Waals surface area contributed by atoms with Crippen molar-refractivity contribution in [1.82, 2.24) is 15.1 Å². The van der Waals surface area contributed by atoms with Crippen LogP contribution in [0.25, 0.3) is 0 Å². The molecule has 1 aliphatic heterocycles. The number of carbonyl (C=O) groups excluding carboxylic acids is 3. The normalized spacial score (nSPS) is 19.4. The molecule has 1 N–H and O–H groups in total. The Morgan fingerprint density at radius 1 is 1.14 bits per heavy atom. The van der Waals surface area contributed by atoms with E-state index >= 15 is 0 Å². The summed E-state index contributed by atoms with van der Waals surface area (Å²) in [5, 5.41) is 2.77. The number of rotatable bonds is 8. The molecule has 1 aromatic carbocycles. The summed E-state index contributed by atoms with van der Waals surface area (Å²) in [4.78, 5) is 40.7. The van der Waals surface area contributed by atoms with Crippen LogP contribution in [0.3, 0.4) is 0 Å². The molecule has 154 valence electrons. The fraction of sp³-hybridized carbons (Fsp3) is 0.571. The van der Waals surface area contributed by atoms with Crippen LogP contribution >= 0.6 is 0 Å². The molecule has 1 aromatic rings. The Bertz CT molecular complexity index is 722. The molecule has 0 saturated carbocycles. The van der Waals surface area contributed by atoms with E-state index in [0.717, 1.165) is 16.2 Å². The molecule has 0 aliphatic carbocycles. The lowest BCUT2D eigenvalue weighted by Gasteiger charge is -2.32. The maximum absolute atomic E-state index is 12.9. The minimum Gasteiger partial charge on any atom is -0.497 e. The molecule has 1 aliphatic rings. The van der Waals surface area contributed by atoms with E-state index in [2.05, 4.69) is 5.32 Å². The summed E-state index contributed by atoms with van der Waals surface area (Å²) < 4.78 is 5.15. The van der Waals surface area contributed by atoms with Crippen molar-refractivity contribution in [1.29, 1.82) is 0 Å². The molecule has 1 heterocycles. The zero-order chi connectivity index (χ0) is 21.1. The molecule has 7 nitrogen and oxygen atoms in total. The van der Waals surface area contributed by atoms with Crippen LogP contribution in [-0.4, -0.2) is 58.9 Å². The third-order valence-corrected chi connectivity index (χ3v) is 5.11. The van der Waals surface area contributed by atoms with Gasteiger partial charge >= 0.3 is 6.03 Å². The maximum Gasteiger partial charge on any atom is 0.325 e. The van der Waals surface area contributed by atoms with Crippen LogP contribution in [0, 0.1) is 0 Å². The van der Waals surface area contributed by atoms with Crippen molar-refractivity contribution >= 4 is 17.8 Å². The van der Waals surface area contributed by atoms with Crippen molar-refractivity contribution in [3.05, 3.63) is 29.8 Å². The number of imide groups is 1. The smallest absolute Gasteiger partial charge is 0.325 e. The molecule has 7 heteroatoms. The largest absolute Gasteiger partial charge is 0.497 e. The molecule has 0 radical (unpaired) electrons. The average Bonchev–Trinajstić information content (AvgIpc) is 2.83. The Kier molecular flexibility index (Phi) is 6.69. The summed E-state index contributed by atoms with van der Waals surface area (Å²) in [6.07, 6.45) is 1.07. The maximum atomic E-state index is 12.9. The Labute approximate surface area is 167 Å². The number of amides is 4. The predicted molar refractivity (Wildman–Crippen MR) is 107 cm³/mol. The topological polar surface area (TPSA) is 79.0 Å². The van der Waals surface area contributed by atoms with Crippen molar-refractivity contribution in [2.24, 2.45) is 0 Å². The summed E-state index contributed by atoms with van der Waals surface area (Å²) in [5.74, 6) is 0.185. The lowest BCUT2D eigenvalue weighted by atomic mass is 9.93. The van der Waals surface area contributed by atoms with Crippen LogP contribution < -0.4 is 10.1 Å². The molecule has 0 aromatic heterocycles. The Morgan fingerprint density at radius 2 is 1.71 bits per heavy atom. The molecule has 2 rings (SSSR count). The molecular weight excluding hydrogens is 358 g/mol. The molecule has 28 heavy (non-hydrogen) atoms. The van der Waals surface area contributed by atoms with Crippen molar-refractivity contribution in [3.63, 3.8) is 0 Å². The van der Waals surface area contributed by atoms with Gasteiger partial charge in [-0.05, 0) is 65.2 Å². The highest BCUT2D eigenvalue weighted by Gasteiger charge is 2.48. The number of nitrogens with zero attached hydrogens (tertiary/aromatic N) is 2. The highest BCUT2D eigenvalue weighted by molar-refractivity contribution is 6.08. The predicted octanol–water partition coefficient (Wildman–Crippen LogP) is 2.58. The van der Waals surface area contributed by atoms with Crippen molar-refractivity contribution in [2.45, 2.75) is 65.1 Å². The highest BCUT2D eigenvalue weighted by atomic mass is 16.5. The van der Waals surface area contributed by atoms with Gasteiger partial charge in [-0.1, -0.05) is 12.1 Å². The van der Waals surface area contributed by atoms with Crippen LogP contribution in [0.15, 0.2) is 24.3 Å². The molecule has 1 saturated heterocycles. The number of benzene rings is 1. The van der Waals surface area contributed by atoms with Crippen LogP contribution in [-0.2, 0) is 16.0 Å². The summed E-state index contributed by atoms with van der Waals surface area (Å²) in [5.41, 5.74) is 0.0296. The van der Waals surface area contributed by atoms with Gasteiger partial charge in [0.15, 0.2) is 0 Å². The van der Waals surface area contributed by atoms with E-state index in [1.54, 1.807) is 18.9 Å². The van der Waals surface area contributed by atoms with Gasteiger partial charge in [-0.25, -0.2) is 4.79 Å². The van der Waals surface area contributed by atoms with E-state index in [1.807, 2.05) is 52.0 Å². The van der Waals surface area contributed by atoms with Gasteiger partial charge in [0.2, 0.25) is 5.91 Å². The average molecular weight is 389 g/mol. The van der Waals surface area contributed by atoms with Gasteiger partial charge in [-0.15, -0.1) is 0 Å². The molecular formula is C21H31N3O4. The number of nitrogens with one attached hydrogen (secondary N) is 1. The fourth-order valence-electron chi connectivity index (χ4n) is 3.64. The SMILES string of the molecule is COc1ccc(CC[C@@]2(C)NC(=O)N(CC(=O)N(C(C)C)C(C)C)C2=O)cc1. The van der Waals surface area contributed by atoms with Crippen molar-refractivity contribution < 1.29 is 19.1 Å². The van der Waals surface area contributed by atoms with Gasteiger partial charge < -0.3 is 15.0 Å². The second kappa shape index (κ2) is 8.63. The standard InChI is InChI=1S/C21H31N3O4/c1-14(2)24(15(3)4)18(25)13-23-19(26)21(5,22-20(23)27)12-11-16-7-9-17(28-6)10-8-16/h7-10,14-15H,11-13H2,1-6H3,(H,22,27)/t21-/m1/s1. The number of carbonyl (C=O) groups is 3. The zero-order valence-electron chi connectivity index (χ0n) is 17.6.